The molecule has 2 aromatic rings. The SMILES string of the molecule is CC(C)(C)OC(=O)N1CCC(c2cnc3cccc(Br)c3n2)CC1. The number of hydrogen-bond acceptors (Lipinski definition) is 4. The third-order valence-electron chi connectivity index (χ3n) is 4.11. The summed E-state index contributed by atoms with van der Waals surface area (Å²) in [6.45, 7) is 7.05. The number of halogens is 1. The number of fused-ring (bicyclic) bond motifs is 1. The first kappa shape index (κ1) is 17.1. The van der Waals surface area contributed by atoms with Crippen molar-refractivity contribution in [3.63, 3.8) is 0 Å². The molecular formula is C18H22BrN3O2. The first-order valence-corrected chi connectivity index (χ1v) is 9.02. The van der Waals surface area contributed by atoms with Crippen LogP contribution in [0.3, 0.4) is 0 Å². The van der Waals surface area contributed by atoms with Crippen molar-refractivity contribution in [2.45, 2.75) is 45.1 Å². The van der Waals surface area contributed by atoms with Crippen molar-refractivity contribution >= 4 is 33.1 Å². The van der Waals surface area contributed by atoms with Crippen molar-refractivity contribution in [1.82, 2.24) is 14.9 Å². The van der Waals surface area contributed by atoms with Crippen LogP contribution in [-0.4, -0.2) is 39.7 Å². The second-order valence-electron chi connectivity index (χ2n) is 7.14. The van der Waals surface area contributed by atoms with E-state index in [1.165, 1.54) is 0 Å². The Hall–Kier alpha value is -1.69. The van der Waals surface area contributed by atoms with Crippen LogP contribution in [0, 0.1) is 0 Å². The van der Waals surface area contributed by atoms with Gasteiger partial charge in [0, 0.05) is 29.7 Å². The molecular weight excluding hydrogens is 370 g/mol. The molecule has 3 rings (SSSR count). The highest BCUT2D eigenvalue weighted by atomic mass is 79.9. The summed E-state index contributed by atoms with van der Waals surface area (Å²) in [6.07, 6.45) is 3.39. The predicted octanol–water partition coefficient (Wildman–Crippen LogP) is 4.51. The lowest BCUT2D eigenvalue weighted by molar-refractivity contribution is 0.0204. The highest BCUT2D eigenvalue weighted by Gasteiger charge is 2.28. The Labute approximate surface area is 150 Å². The monoisotopic (exact) mass is 391 g/mol. The van der Waals surface area contributed by atoms with E-state index in [9.17, 15) is 4.79 Å². The zero-order chi connectivity index (χ0) is 17.3. The quantitative estimate of drug-likeness (QED) is 0.717. The van der Waals surface area contributed by atoms with Gasteiger partial charge in [-0.05, 0) is 61.7 Å². The molecule has 0 unspecified atom stereocenters. The molecule has 0 atom stereocenters. The van der Waals surface area contributed by atoms with E-state index < -0.39 is 5.60 Å². The zero-order valence-corrected chi connectivity index (χ0v) is 15.8. The smallest absolute Gasteiger partial charge is 0.410 e. The zero-order valence-electron chi connectivity index (χ0n) is 14.3. The molecule has 5 nitrogen and oxygen atoms in total. The standard InChI is InChI=1S/C18H22BrN3O2/c1-18(2,3)24-17(23)22-9-7-12(8-10-22)15-11-20-14-6-4-5-13(19)16(14)21-15/h4-6,11-12H,7-10H2,1-3H3. The molecule has 1 fully saturated rings. The summed E-state index contributed by atoms with van der Waals surface area (Å²) in [5.74, 6) is 0.327. The van der Waals surface area contributed by atoms with Crippen LogP contribution in [0.15, 0.2) is 28.9 Å². The van der Waals surface area contributed by atoms with Gasteiger partial charge in [-0.2, -0.15) is 0 Å². The van der Waals surface area contributed by atoms with Crippen molar-refractivity contribution in [3.05, 3.63) is 34.6 Å². The fourth-order valence-corrected chi connectivity index (χ4v) is 3.34. The molecule has 1 aromatic carbocycles. The van der Waals surface area contributed by atoms with Crippen molar-refractivity contribution in [3.8, 4) is 0 Å². The van der Waals surface area contributed by atoms with Gasteiger partial charge in [-0.15, -0.1) is 0 Å². The van der Waals surface area contributed by atoms with Gasteiger partial charge in [-0.3, -0.25) is 4.98 Å². The van der Waals surface area contributed by atoms with E-state index in [1.54, 1.807) is 4.90 Å². The maximum absolute atomic E-state index is 12.1. The first-order valence-electron chi connectivity index (χ1n) is 8.22. The lowest BCUT2D eigenvalue weighted by atomic mass is 9.94. The molecule has 1 saturated heterocycles. The predicted molar refractivity (Wildman–Crippen MR) is 97.0 cm³/mol. The van der Waals surface area contributed by atoms with E-state index >= 15 is 0 Å². The molecule has 1 aliphatic rings. The second kappa shape index (κ2) is 6.67. The average molecular weight is 392 g/mol. The molecule has 1 amide bonds. The fourth-order valence-electron chi connectivity index (χ4n) is 2.89. The number of amides is 1. The number of hydrogen-bond donors (Lipinski definition) is 0. The molecule has 0 radical (unpaired) electrons. The minimum Gasteiger partial charge on any atom is -0.444 e. The van der Waals surface area contributed by atoms with Crippen molar-refractivity contribution in [1.29, 1.82) is 0 Å². The van der Waals surface area contributed by atoms with Crippen molar-refractivity contribution in [2.75, 3.05) is 13.1 Å². The third kappa shape index (κ3) is 3.86. The third-order valence-corrected chi connectivity index (χ3v) is 4.75. The summed E-state index contributed by atoms with van der Waals surface area (Å²) < 4.78 is 6.40. The van der Waals surface area contributed by atoms with Gasteiger partial charge in [-0.25, -0.2) is 9.78 Å². The number of carbonyl (C=O) groups excluding carboxylic acids is 1. The van der Waals surface area contributed by atoms with Crippen LogP contribution in [0.4, 0.5) is 4.79 Å². The number of benzene rings is 1. The van der Waals surface area contributed by atoms with Gasteiger partial charge in [0.05, 0.1) is 11.2 Å². The Kier molecular flexibility index (Phi) is 4.76. The number of ether oxygens (including phenoxy) is 1. The number of piperidine rings is 1. The van der Waals surface area contributed by atoms with Gasteiger partial charge in [0.15, 0.2) is 0 Å². The molecule has 0 spiro atoms. The Bertz CT molecular complexity index is 750. The maximum Gasteiger partial charge on any atom is 0.410 e. The lowest BCUT2D eigenvalue weighted by Crippen LogP contribution is -2.41. The number of carbonyl (C=O) groups is 1. The van der Waals surface area contributed by atoms with E-state index in [2.05, 4.69) is 20.9 Å². The van der Waals surface area contributed by atoms with E-state index in [0.29, 0.717) is 19.0 Å². The Morgan fingerprint density at radius 1 is 1.29 bits per heavy atom. The minimum atomic E-state index is -0.454. The number of likely N-dealkylation sites (tertiary alicyclic amines) is 1. The van der Waals surface area contributed by atoms with E-state index in [1.807, 2.05) is 45.2 Å². The molecule has 24 heavy (non-hydrogen) atoms. The second-order valence-corrected chi connectivity index (χ2v) is 8.00. The number of para-hydroxylation sites is 1. The van der Waals surface area contributed by atoms with Crippen LogP contribution in [-0.2, 0) is 4.74 Å². The Morgan fingerprint density at radius 2 is 2.00 bits per heavy atom. The highest BCUT2D eigenvalue weighted by molar-refractivity contribution is 9.10. The summed E-state index contributed by atoms with van der Waals surface area (Å²) in [4.78, 5) is 23.2. The topological polar surface area (TPSA) is 55.3 Å². The molecule has 0 N–H and O–H groups in total. The van der Waals surface area contributed by atoms with E-state index in [0.717, 1.165) is 34.0 Å². The number of nitrogens with zero attached hydrogens (tertiary/aromatic N) is 3. The van der Waals surface area contributed by atoms with Crippen LogP contribution in [0.5, 0.6) is 0 Å². The first-order chi connectivity index (χ1) is 11.3. The van der Waals surface area contributed by atoms with Crippen LogP contribution in [0.1, 0.15) is 45.2 Å². The average Bonchev–Trinajstić information content (AvgIpc) is 2.53. The summed E-state index contributed by atoms with van der Waals surface area (Å²) in [5.41, 5.74) is 2.33. The van der Waals surface area contributed by atoms with Gasteiger partial charge in [-0.1, -0.05) is 6.07 Å². The molecule has 0 bridgehead atoms. The summed E-state index contributed by atoms with van der Waals surface area (Å²) in [6, 6.07) is 5.90. The summed E-state index contributed by atoms with van der Waals surface area (Å²) >= 11 is 3.54. The highest BCUT2D eigenvalue weighted by Crippen LogP contribution is 2.29. The largest absolute Gasteiger partial charge is 0.444 e. The van der Waals surface area contributed by atoms with E-state index in [-0.39, 0.29) is 6.09 Å². The molecule has 128 valence electrons. The minimum absolute atomic E-state index is 0.228. The van der Waals surface area contributed by atoms with Gasteiger partial charge in [0.1, 0.15) is 11.1 Å². The molecule has 1 aliphatic heterocycles. The summed E-state index contributed by atoms with van der Waals surface area (Å²) in [7, 11) is 0. The van der Waals surface area contributed by atoms with Crippen LogP contribution in [0.2, 0.25) is 0 Å². The lowest BCUT2D eigenvalue weighted by Gasteiger charge is -2.33. The maximum atomic E-state index is 12.1. The fraction of sp³-hybridized carbons (Fsp3) is 0.500. The molecule has 0 aliphatic carbocycles. The molecule has 6 heteroatoms. The van der Waals surface area contributed by atoms with Crippen LogP contribution >= 0.6 is 15.9 Å². The van der Waals surface area contributed by atoms with Crippen LogP contribution in [0.25, 0.3) is 11.0 Å². The summed E-state index contributed by atoms with van der Waals surface area (Å²) in [5, 5.41) is 0. The van der Waals surface area contributed by atoms with Crippen LogP contribution < -0.4 is 0 Å². The van der Waals surface area contributed by atoms with Crippen molar-refractivity contribution in [2.24, 2.45) is 0 Å². The van der Waals surface area contributed by atoms with E-state index in [4.69, 9.17) is 9.72 Å². The molecule has 0 saturated carbocycles. The number of rotatable bonds is 1. The van der Waals surface area contributed by atoms with Gasteiger partial charge < -0.3 is 9.64 Å². The number of aromatic nitrogens is 2. The Balaban J connectivity index is 1.69. The molecule has 1 aromatic heterocycles. The van der Waals surface area contributed by atoms with Gasteiger partial charge in [0.25, 0.3) is 0 Å². The van der Waals surface area contributed by atoms with Gasteiger partial charge in [0.2, 0.25) is 0 Å². The molecule has 2 heterocycles. The Morgan fingerprint density at radius 3 is 2.67 bits per heavy atom. The normalized spacial score (nSPS) is 16.4. The van der Waals surface area contributed by atoms with Gasteiger partial charge >= 0.3 is 6.09 Å². The van der Waals surface area contributed by atoms with Crippen molar-refractivity contribution < 1.29 is 9.53 Å².